The van der Waals surface area contributed by atoms with Gasteiger partial charge in [-0.3, -0.25) is 9.97 Å². The summed E-state index contributed by atoms with van der Waals surface area (Å²) in [6.45, 7) is 4.82. The minimum Gasteiger partial charge on any atom is -0.352 e. The minimum absolute atomic E-state index is 0.0415. The number of carbonyl (C=O) groups excluding carboxylic acids is 1. The third-order valence-corrected chi connectivity index (χ3v) is 3.96. The van der Waals surface area contributed by atoms with Crippen LogP contribution in [-0.4, -0.2) is 52.1 Å². The second-order valence-corrected chi connectivity index (χ2v) is 5.50. The van der Waals surface area contributed by atoms with Crippen molar-refractivity contribution in [3.63, 3.8) is 0 Å². The fraction of sp³-hybridized carbons (Fsp3) is 0.375. The summed E-state index contributed by atoms with van der Waals surface area (Å²) < 4.78 is 0. The zero-order valence-corrected chi connectivity index (χ0v) is 13.1. The van der Waals surface area contributed by atoms with Crippen LogP contribution in [0, 0.1) is 0 Å². The van der Waals surface area contributed by atoms with Crippen molar-refractivity contribution in [2.45, 2.75) is 13.0 Å². The van der Waals surface area contributed by atoms with Gasteiger partial charge in [-0.05, 0) is 18.6 Å². The summed E-state index contributed by atoms with van der Waals surface area (Å²) in [5, 5.41) is 3.02. The number of rotatable bonds is 3. The second-order valence-electron chi connectivity index (χ2n) is 5.50. The van der Waals surface area contributed by atoms with Gasteiger partial charge < -0.3 is 15.1 Å². The summed E-state index contributed by atoms with van der Waals surface area (Å²) in [5.41, 5.74) is 0.999. The summed E-state index contributed by atoms with van der Waals surface area (Å²) in [6, 6.07) is 3.73. The molecule has 2 aromatic rings. The fourth-order valence-electron chi connectivity index (χ4n) is 2.59. The molecule has 0 unspecified atom stereocenters. The number of piperazine rings is 1. The number of aromatic nitrogens is 3. The Hall–Kier alpha value is -2.70. The molecular weight excluding hydrogens is 292 g/mol. The van der Waals surface area contributed by atoms with E-state index in [9.17, 15) is 4.79 Å². The van der Waals surface area contributed by atoms with Crippen LogP contribution < -0.4 is 10.2 Å². The van der Waals surface area contributed by atoms with Crippen molar-refractivity contribution in [1.29, 1.82) is 0 Å². The van der Waals surface area contributed by atoms with E-state index < -0.39 is 0 Å². The van der Waals surface area contributed by atoms with Crippen LogP contribution in [0.25, 0.3) is 0 Å². The molecule has 3 rings (SSSR count). The number of nitrogens with one attached hydrogen (secondary N) is 1. The molecule has 1 atom stereocenters. The molecule has 0 aliphatic carbocycles. The Morgan fingerprint density at radius 2 is 1.91 bits per heavy atom. The van der Waals surface area contributed by atoms with Gasteiger partial charge in [0, 0.05) is 51.0 Å². The molecule has 0 spiro atoms. The van der Waals surface area contributed by atoms with Gasteiger partial charge in [0.2, 0.25) is 0 Å². The molecule has 7 heteroatoms. The van der Waals surface area contributed by atoms with Crippen LogP contribution in [0.5, 0.6) is 0 Å². The normalized spacial score (nSPS) is 16.0. The molecular formula is C16H20N6O. The smallest absolute Gasteiger partial charge is 0.317 e. The second kappa shape index (κ2) is 7.04. The third-order valence-electron chi connectivity index (χ3n) is 3.96. The fourth-order valence-corrected chi connectivity index (χ4v) is 2.59. The first-order valence-corrected chi connectivity index (χ1v) is 7.70. The molecule has 1 fully saturated rings. The third kappa shape index (κ3) is 3.74. The van der Waals surface area contributed by atoms with Crippen LogP contribution in [0.2, 0.25) is 0 Å². The number of anilines is 1. The van der Waals surface area contributed by atoms with Gasteiger partial charge in [-0.25, -0.2) is 9.78 Å². The van der Waals surface area contributed by atoms with Crippen molar-refractivity contribution in [3.8, 4) is 0 Å². The van der Waals surface area contributed by atoms with Crippen LogP contribution in [-0.2, 0) is 0 Å². The van der Waals surface area contributed by atoms with Crippen LogP contribution in [0.4, 0.5) is 10.6 Å². The van der Waals surface area contributed by atoms with Crippen LogP contribution in [0.15, 0.2) is 43.1 Å². The Kier molecular flexibility index (Phi) is 4.65. The lowest BCUT2D eigenvalue weighted by Gasteiger charge is -2.35. The molecule has 120 valence electrons. The van der Waals surface area contributed by atoms with Gasteiger partial charge in [-0.1, -0.05) is 6.07 Å². The highest BCUT2D eigenvalue weighted by Crippen LogP contribution is 2.13. The van der Waals surface area contributed by atoms with Crippen LogP contribution >= 0.6 is 0 Å². The number of nitrogens with zero attached hydrogens (tertiary/aromatic N) is 5. The Labute approximate surface area is 135 Å². The number of pyridine rings is 1. The molecule has 0 radical (unpaired) electrons. The maximum Gasteiger partial charge on any atom is 0.317 e. The highest BCUT2D eigenvalue weighted by molar-refractivity contribution is 5.75. The first-order valence-electron chi connectivity index (χ1n) is 7.70. The van der Waals surface area contributed by atoms with E-state index in [0.29, 0.717) is 13.1 Å². The summed E-state index contributed by atoms with van der Waals surface area (Å²) in [5.74, 6) is 0.858. The van der Waals surface area contributed by atoms with Crippen LogP contribution in [0.1, 0.15) is 18.5 Å². The van der Waals surface area contributed by atoms with E-state index in [1.54, 1.807) is 31.0 Å². The molecule has 0 saturated carbocycles. The van der Waals surface area contributed by atoms with Crippen molar-refractivity contribution in [2.75, 3.05) is 31.1 Å². The van der Waals surface area contributed by atoms with Crippen molar-refractivity contribution >= 4 is 11.8 Å². The Balaban J connectivity index is 1.52. The Morgan fingerprint density at radius 3 is 2.57 bits per heavy atom. The SMILES string of the molecule is C[C@@H](NC(=O)N1CCN(c2cnccn2)CC1)c1cccnc1. The van der Waals surface area contributed by atoms with Gasteiger partial charge in [0.1, 0.15) is 5.82 Å². The molecule has 1 aliphatic heterocycles. The maximum atomic E-state index is 12.4. The lowest BCUT2D eigenvalue weighted by Crippen LogP contribution is -2.52. The molecule has 1 N–H and O–H groups in total. The molecule has 1 saturated heterocycles. The number of urea groups is 1. The molecule has 7 nitrogen and oxygen atoms in total. The first-order chi connectivity index (χ1) is 11.2. The van der Waals surface area contributed by atoms with E-state index in [2.05, 4.69) is 25.2 Å². The van der Waals surface area contributed by atoms with Gasteiger partial charge in [-0.2, -0.15) is 0 Å². The van der Waals surface area contributed by atoms with Crippen molar-refractivity contribution in [3.05, 3.63) is 48.7 Å². The number of hydrogen-bond donors (Lipinski definition) is 1. The topological polar surface area (TPSA) is 74.2 Å². The van der Waals surface area contributed by atoms with Gasteiger partial charge in [-0.15, -0.1) is 0 Å². The molecule has 0 aromatic carbocycles. The number of hydrogen-bond acceptors (Lipinski definition) is 5. The molecule has 2 aromatic heterocycles. The van der Waals surface area contributed by atoms with E-state index in [1.165, 1.54) is 0 Å². The van der Waals surface area contributed by atoms with Crippen LogP contribution in [0.3, 0.4) is 0 Å². The molecule has 1 aliphatic rings. The van der Waals surface area contributed by atoms with Crippen molar-refractivity contribution in [2.24, 2.45) is 0 Å². The monoisotopic (exact) mass is 312 g/mol. The predicted octanol–water partition coefficient (Wildman–Crippen LogP) is 1.46. The lowest BCUT2D eigenvalue weighted by atomic mass is 10.1. The minimum atomic E-state index is -0.0609. The van der Waals surface area contributed by atoms with E-state index in [4.69, 9.17) is 0 Å². The van der Waals surface area contributed by atoms with E-state index in [0.717, 1.165) is 24.5 Å². The molecule has 3 heterocycles. The van der Waals surface area contributed by atoms with Gasteiger partial charge in [0.15, 0.2) is 0 Å². The predicted molar refractivity (Wildman–Crippen MR) is 87.0 cm³/mol. The average molecular weight is 312 g/mol. The summed E-state index contributed by atoms with van der Waals surface area (Å²) >= 11 is 0. The van der Waals surface area contributed by atoms with Gasteiger partial charge >= 0.3 is 6.03 Å². The number of carbonyl (C=O) groups is 1. The largest absolute Gasteiger partial charge is 0.352 e. The zero-order valence-electron chi connectivity index (χ0n) is 13.1. The standard InChI is InChI=1S/C16H20N6O/c1-13(14-3-2-4-17-11-14)20-16(23)22-9-7-21(8-10-22)15-12-18-5-6-19-15/h2-6,11-13H,7-10H2,1H3,(H,20,23)/t13-/m1/s1. The highest BCUT2D eigenvalue weighted by atomic mass is 16.2. The van der Waals surface area contributed by atoms with Crippen molar-refractivity contribution in [1.82, 2.24) is 25.2 Å². The molecule has 23 heavy (non-hydrogen) atoms. The average Bonchev–Trinajstić information content (AvgIpc) is 2.63. The Bertz CT molecular complexity index is 628. The quantitative estimate of drug-likeness (QED) is 0.929. The first kappa shape index (κ1) is 15.2. The van der Waals surface area contributed by atoms with Crippen molar-refractivity contribution < 1.29 is 4.79 Å². The van der Waals surface area contributed by atoms with E-state index in [-0.39, 0.29) is 12.1 Å². The molecule has 0 bridgehead atoms. The van der Waals surface area contributed by atoms with E-state index in [1.807, 2.05) is 24.0 Å². The lowest BCUT2D eigenvalue weighted by molar-refractivity contribution is 0.191. The van der Waals surface area contributed by atoms with E-state index >= 15 is 0 Å². The molecule has 2 amide bonds. The maximum absolute atomic E-state index is 12.4. The summed E-state index contributed by atoms with van der Waals surface area (Å²) in [7, 11) is 0. The number of amides is 2. The van der Waals surface area contributed by atoms with Gasteiger partial charge in [0.05, 0.1) is 12.2 Å². The van der Waals surface area contributed by atoms with Gasteiger partial charge in [0.25, 0.3) is 0 Å². The zero-order chi connectivity index (χ0) is 16.1. The Morgan fingerprint density at radius 1 is 1.13 bits per heavy atom. The highest BCUT2D eigenvalue weighted by Gasteiger charge is 2.23. The summed E-state index contributed by atoms with van der Waals surface area (Å²) in [4.78, 5) is 28.8. The summed E-state index contributed by atoms with van der Waals surface area (Å²) in [6.07, 6.45) is 8.60.